The lowest BCUT2D eigenvalue weighted by molar-refractivity contribution is 0.704. The number of imidazole rings is 1. The summed E-state index contributed by atoms with van der Waals surface area (Å²) in [6, 6.07) is 37.3. The molecule has 0 unspecified atom stereocenters. The zero-order valence-corrected chi connectivity index (χ0v) is 19.9. The van der Waals surface area contributed by atoms with Gasteiger partial charge in [0.05, 0.1) is 34.0 Å². The van der Waals surface area contributed by atoms with Gasteiger partial charge in [0.15, 0.2) is 5.65 Å². The van der Waals surface area contributed by atoms with E-state index in [4.69, 9.17) is 15.2 Å². The molecule has 8 rings (SSSR count). The molecule has 0 saturated carbocycles. The summed E-state index contributed by atoms with van der Waals surface area (Å²) in [6.45, 7) is 0. The number of hydrogen-bond donors (Lipinski definition) is 1. The third-order valence-corrected chi connectivity index (χ3v) is 7.29. The van der Waals surface area contributed by atoms with Crippen molar-refractivity contribution < 1.29 is 0 Å². The number of aromatic nitrogens is 3. The average molecular weight is 479 g/mol. The van der Waals surface area contributed by atoms with E-state index in [1.54, 1.807) is 0 Å². The maximum atomic E-state index is 5.16. The lowest BCUT2D eigenvalue weighted by atomic mass is 9.93. The second-order valence-electron chi connectivity index (χ2n) is 9.46. The zero-order chi connectivity index (χ0) is 24.3. The molecule has 6 aromatic rings. The van der Waals surface area contributed by atoms with Crippen molar-refractivity contribution in [3.05, 3.63) is 120 Å². The molecule has 4 heterocycles. The van der Waals surface area contributed by atoms with Gasteiger partial charge in [0, 0.05) is 10.8 Å². The molecule has 0 spiro atoms. The number of anilines is 2. The van der Waals surface area contributed by atoms with Gasteiger partial charge in [-0.3, -0.25) is 0 Å². The first-order chi connectivity index (χ1) is 18.3. The molecular weight excluding hydrogens is 456 g/mol. The van der Waals surface area contributed by atoms with Crippen molar-refractivity contribution in [3.8, 4) is 11.3 Å². The summed E-state index contributed by atoms with van der Waals surface area (Å²) in [5.41, 5.74) is 9.14. The number of nitrogens with one attached hydrogen (secondary N) is 1. The van der Waals surface area contributed by atoms with Gasteiger partial charge < -0.3 is 5.32 Å². The summed E-state index contributed by atoms with van der Waals surface area (Å²) in [5, 5.41) is 17.1. The Hall–Kier alpha value is -4.97. The highest BCUT2D eigenvalue weighted by molar-refractivity contribution is 6.09. The van der Waals surface area contributed by atoms with E-state index < -0.39 is 0 Å². The maximum Gasteiger partial charge on any atom is 0.164 e. The first-order valence-electron chi connectivity index (χ1n) is 12.5. The molecule has 1 N–H and O–H groups in total. The Bertz CT molecular complexity index is 1870. The van der Waals surface area contributed by atoms with Crippen LogP contribution in [0, 0.1) is 5.92 Å². The van der Waals surface area contributed by atoms with Crippen molar-refractivity contribution in [1.29, 1.82) is 0 Å². The van der Waals surface area contributed by atoms with Crippen LogP contribution in [-0.2, 0) is 0 Å². The fourth-order valence-electron chi connectivity index (χ4n) is 5.58. The second-order valence-corrected chi connectivity index (χ2v) is 9.46. The lowest BCUT2D eigenvalue weighted by Crippen LogP contribution is -2.35. The molecule has 4 aromatic carbocycles. The highest BCUT2D eigenvalue weighted by Crippen LogP contribution is 2.42. The monoisotopic (exact) mass is 478 g/mol. The smallest absolute Gasteiger partial charge is 0.164 e. The molecule has 0 bridgehead atoms. The number of fused-ring (bicyclic) bond motifs is 6. The highest BCUT2D eigenvalue weighted by Gasteiger charge is 2.42. The molecule has 0 amide bonds. The SMILES string of the molecule is C(=c1\c(-c2ccccc2)nn2c1nc1ccccc12)/[C@H]1C(c2ccccc2)=NN2c3ccccc3N[C@@H]12. The molecule has 2 aliphatic rings. The quantitative estimate of drug-likeness (QED) is 0.373. The fraction of sp³-hybridized carbons (Fsp3) is 0.0645. The minimum atomic E-state index is -0.0319. The van der Waals surface area contributed by atoms with Crippen molar-refractivity contribution in [1.82, 2.24) is 14.6 Å². The number of nitrogens with zero attached hydrogens (tertiary/aromatic N) is 5. The lowest BCUT2D eigenvalue weighted by Gasteiger charge is -2.19. The Morgan fingerprint density at radius 2 is 1.43 bits per heavy atom. The maximum absolute atomic E-state index is 5.16. The predicted octanol–water partition coefficient (Wildman–Crippen LogP) is 5.34. The summed E-state index contributed by atoms with van der Waals surface area (Å²) in [5.74, 6) is -0.0231. The van der Waals surface area contributed by atoms with E-state index in [9.17, 15) is 0 Å². The molecule has 2 aliphatic heterocycles. The minimum absolute atomic E-state index is 0.0231. The van der Waals surface area contributed by atoms with Gasteiger partial charge in [0.1, 0.15) is 11.9 Å². The zero-order valence-electron chi connectivity index (χ0n) is 19.9. The normalized spacial score (nSPS) is 18.8. The van der Waals surface area contributed by atoms with E-state index in [2.05, 4.69) is 95.3 Å². The van der Waals surface area contributed by atoms with Crippen molar-refractivity contribution in [3.63, 3.8) is 0 Å². The van der Waals surface area contributed by atoms with E-state index in [0.717, 1.165) is 55.8 Å². The minimum Gasteiger partial charge on any atom is -0.361 e. The van der Waals surface area contributed by atoms with Gasteiger partial charge in [0.2, 0.25) is 0 Å². The molecule has 2 aromatic heterocycles. The molecular formula is C31H22N6. The van der Waals surface area contributed by atoms with Crippen LogP contribution in [0.1, 0.15) is 5.56 Å². The van der Waals surface area contributed by atoms with E-state index in [1.807, 2.05) is 34.8 Å². The van der Waals surface area contributed by atoms with E-state index in [0.29, 0.717) is 0 Å². The van der Waals surface area contributed by atoms with Crippen LogP contribution in [0.5, 0.6) is 0 Å². The molecule has 0 fully saturated rings. The largest absolute Gasteiger partial charge is 0.361 e. The van der Waals surface area contributed by atoms with Crippen molar-refractivity contribution in [2.24, 2.45) is 11.0 Å². The van der Waals surface area contributed by atoms with E-state index >= 15 is 0 Å². The Morgan fingerprint density at radius 1 is 0.730 bits per heavy atom. The third-order valence-electron chi connectivity index (χ3n) is 7.29. The predicted molar refractivity (Wildman–Crippen MR) is 148 cm³/mol. The van der Waals surface area contributed by atoms with Crippen LogP contribution in [0.15, 0.2) is 114 Å². The average Bonchev–Trinajstić information content (AvgIpc) is 3.69. The van der Waals surface area contributed by atoms with E-state index in [1.165, 1.54) is 0 Å². The van der Waals surface area contributed by atoms with Gasteiger partial charge in [-0.15, -0.1) is 0 Å². The number of hydrazone groups is 1. The summed E-state index contributed by atoms with van der Waals surface area (Å²) in [4.78, 5) is 5.02. The third kappa shape index (κ3) is 3.02. The summed E-state index contributed by atoms with van der Waals surface area (Å²) in [6.07, 6.45) is 2.28. The first-order valence-corrected chi connectivity index (χ1v) is 12.5. The molecule has 0 saturated heterocycles. The molecule has 37 heavy (non-hydrogen) atoms. The molecule has 0 aliphatic carbocycles. The fourth-order valence-corrected chi connectivity index (χ4v) is 5.58. The standard InChI is InChI=1S/C31H22N6/c1-3-11-20(12-4-1)28-22(30-32-24-15-7-9-17-26(24)36(30)34-28)19-23-29(21-13-5-2-6-14-21)35-37-27-18-10-8-16-25(27)33-31(23)37/h1-19,22,30,32H/b23-19-/t22-,30+/m0/s1. The first kappa shape index (κ1) is 20.2. The van der Waals surface area contributed by atoms with Gasteiger partial charge in [-0.1, -0.05) is 91.0 Å². The Balaban J connectivity index is 1.39. The second kappa shape index (κ2) is 7.77. The topological polar surface area (TPSA) is 57.8 Å². The van der Waals surface area contributed by atoms with Crippen LogP contribution in [0.4, 0.5) is 11.4 Å². The van der Waals surface area contributed by atoms with Gasteiger partial charge in [-0.05, 0) is 29.8 Å². The molecule has 0 radical (unpaired) electrons. The van der Waals surface area contributed by atoms with E-state index in [-0.39, 0.29) is 12.1 Å². The van der Waals surface area contributed by atoms with Crippen LogP contribution in [0.3, 0.4) is 0 Å². The Labute approximate surface area is 213 Å². The Kier molecular flexibility index (Phi) is 4.25. The van der Waals surface area contributed by atoms with Crippen LogP contribution < -0.4 is 15.5 Å². The number of hydrogen-bond acceptors (Lipinski definition) is 5. The Morgan fingerprint density at radius 3 is 2.27 bits per heavy atom. The number of para-hydroxylation sites is 4. The van der Waals surface area contributed by atoms with Crippen molar-refractivity contribution >= 4 is 39.8 Å². The van der Waals surface area contributed by atoms with Gasteiger partial charge in [-0.2, -0.15) is 10.2 Å². The van der Waals surface area contributed by atoms with Crippen LogP contribution in [0.2, 0.25) is 0 Å². The van der Waals surface area contributed by atoms with Gasteiger partial charge >= 0.3 is 0 Å². The number of rotatable bonds is 3. The van der Waals surface area contributed by atoms with Crippen LogP contribution in [0.25, 0.3) is 34.0 Å². The number of benzene rings is 4. The van der Waals surface area contributed by atoms with Gasteiger partial charge in [0.25, 0.3) is 0 Å². The van der Waals surface area contributed by atoms with Gasteiger partial charge in [-0.25, -0.2) is 14.5 Å². The molecule has 176 valence electrons. The molecule has 2 atom stereocenters. The highest BCUT2D eigenvalue weighted by atomic mass is 15.6. The van der Waals surface area contributed by atoms with Crippen molar-refractivity contribution in [2.75, 3.05) is 10.3 Å². The van der Waals surface area contributed by atoms with Crippen LogP contribution >= 0.6 is 0 Å². The molecule has 6 heteroatoms. The van der Waals surface area contributed by atoms with Crippen LogP contribution in [-0.4, -0.2) is 26.5 Å². The van der Waals surface area contributed by atoms with Crippen molar-refractivity contribution in [2.45, 2.75) is 6.17 Å². The molecule has 6 nitrogen and oxygen atoms in total. The summed E-state index contributed by atoms with van der Waals surface area (Å²) >= 11 is 0. The summed E-state index contributed by atoms with van der Waals surface area (Å²) in [7, 11) is 0. The summed E-state index contributed by atoms with van der Waals surface area (Å²) < 4.78 is 1.98.